The number of hydrogen-bond acceptors (Lipinski definition) is 5. The van der Waals surface area contributed by atoms with E-state index in [-0.39, 0.29) is 11.7 Å². The van der Waals surface area contributed by atoms with E-state index in [1.54, 1.807) is 23.9 Å². The van der Waals surface area contributed by atoms with Gasteiger partial charge in [0, 0.05) is 42.8 Å². The number of carbonyl (C=O) groups excluding carboxylic acids is 1. The van der Waals surface area contributed by atoms with Gasteiger partial charge in [0.05, 0.1) is 17.0 Å². The normalized spacial score (nSPS) is 14.6. The zero-order chi connectivity index (χ0) is 20.9. The van der Waals surface area contributed by atoms with E-state index >= 15 is 0 Å². The maximum Gasteiger partial charge on any atom is 0.255 e. The van der Waals surface area contributed by atoms with Gasteiger partial charge >= 0.3 is 0 Å². The fourth-order valence-electron chi connectivity index (χ4n) is 3.60. The number of rotatable bonds is 5. The van der Waals surface area contributed by atoms with Crippen LogP contribution in [0.25, 0.3) is 0 Å². The number of anilines is 1. The predicted octanol–water partition coefficient (Wildman–Crippen LogP) is 4.77. The van der Waals surface area contributed by atoms with Crippen LogP contribution in [0.2, 0.25) is 0 Å². The maximum absolute atomic E-state index is 13.3. The molecule has 0 radical (unpaired) electrons. The Balaban J connectivity index is 1.43. The first kappa shape index (κ1) is 20.5. The highest BCUT2D eigenvalue weighted by Crippen LogP contribution is 2.28. The van der Waals surface area contributed by atoms with Crippen LogP contribution in [0.5, 0.6) is 0 Å². The summed E-state index contributed by atoms with van der Waals surface area (Å²) in [6.45, 7) is 4.80. The summed E-state index contributed by atoms with van der Waals surface area (Å²) in [7, 11) is 0. The van der Waals surface area contributed by atoms with Gasteiger partial charge in [-0.05, 0) is 49.7 Å². The van der Waals surface area contributed by atoms with Crippen molar-refractivity contribution >= 4 is 23.4 Å². The second-order valence-electron chi connectivity index (χ2n) is 7.33. The van der Waals surface area contributed by atoms with E-state index < -0.39 is 0 Å². The van der Waals surface area contributed by atoms with Gasteiger partial charge in [0.2, 0.25) is 0 Å². The Morgan fingerprint density at radius 2 is 1.90 bits per heavy atom. The third-order valence-corrected chi connectivity index (χ3v) is 6.23. The van der Waals surface area contributed by atoms with Crippen molar-refractivity contribution < 1.29 is 13.7 Å². The third kappa shape index (κ3) is 4.84. The van der Waals surface area contributed by atoms with Crippen LogP contribution in [0, 0.1) is 12.7 Å². The number of thioether (sulfide) groups is 1. The van der Waals surface area contributed by atoms with E-state index in [1.807, 2.05) is 42.2 Å². The van der Waals surface area contributed by atoms with Gasteiger partial charge in [0.1, 0.15) is 11.6 Å². The molecule has 0 atom stereocenters. The second kappa shape index (κ2) is 9.34. The average molecular weight is 426 g/mol. The van der Waals surface area contributed by atoms with Crippen LogP contribution in [0.3, 0.4) is 0 Å². The Kier molecular flexibility index (Phi) is 6.38. The lowest BCUT2D eigenvalue weighted by Crippen LogP contribution is -2.35. The molecule has 2 aromatic carbocycles. The molecule has 1 saturated heterocycles. The highest BCUT2D eigenvalue weighted by atomic mass is 32.2. The number of carbonyl (C=O) groups is 1. The lowest BCUT2D eigenvalue weighted by atomic mass is 10.2. The molecule has 1 amide bonds. The Bertz CT molecular complexity index is 1010. The molecule has 30 heavy (non-hydrogen) atoms. The molecule has 5 nitrogen and oxygen atoms in total. The zero-order valence-electron chi connectivity index (χ0n) is 16.9. The molecule has 1 aliphatic heterocycles. The summed E-state index contributed by atoms with van der Waals surface area (Å²) in [4.78, 5) is 18.4. The monoisotopic (exact) mass is 425 g/mol. The minimum atomic E-state index is -0.236. The zero-order valence-corrected chi connectivity index (χ0v) is 17.7. The van der Waals surface area contributed by atoms with Crippen LogP contribution >= 0.6 is 11.8 Å². The number of amides is 1. The minimum Gasteiger partial charge on any atom is -0.370 e. The van der Waals surface area contributed by atoms with Crippen LogP contribution < -0.4 is 4.90 Å². The molecular weight excluding hydrogens is 401 g/mol. The van der Waals surface area contributed by atoms with E-state index in [4.69, 9.17) is 4.52 Å². The van der Waals surface area contributed by atoms with Gasteiger partial charge in [-0.15, -0.1) is 11.8 Å². The van der Waals surface area contributed by atoms with Crippen molar-refractivity contribution in [2.45, 2.75) is 24.0 Å². The maximum atomic E-state index is 13.3. The number of benzene rings is 2. The first-order valence-electron chi connectivity index (χ1n) is 10.0. The van der Waals surface area contributed by atoms with Crippen molar-refractivity contribution in [3.63, 3.8) is 0 Å². The molecule has 0 bridgehead atoms. The number of halogens is 1. The second-order valence-corrected chi connectivity index (χ2v) is 8.35. The Morgan fingerprint density at radius 3 is 2.67 bits per heavy atom. The summed E-state index contributed by atoms with van der Waals surface area (Å²) < 4.78 is 18.5. The Hall–Kier alpha value is -2.80. The van der Waals surface area contributed by atoms with Gasteiger partial charge in [0.15, 0.2) is 0 Å². The predicted molar refractivity (Wildman–Crippen MR) is 116 cm³/mol. The highest BCUT2D eigenvalue weighted by Gasteiger charge is 2.22. The largest absolute Gasteiger partial charge is 0.370 e. The molecular formula is C23H24FN3O2S. The van der Waals surface area contributed by atoms with E-state index in [9.17, 15) is 9.18 Å². The third-order valence-electron chi connectivity index (χ3n) is 5.14. The Morgan fingerprint density at radius 1 is 1.10 bits per heavy atom. The summed E-state index contributed by atoms with van der Waals surface area (Å²) in [5.41, 5.74) is 2.56. The topological polar surface area (TPSA) is 49.6 Å². The molecule has 0 N–H and O–H groups in total. The fraction of sp³-hybridized carbons (Fsp3) is 0.304. The number of aryl methyl sites for hydroxylation is 1. The molecule has 1 aliphatic rings. The fourth-order valence-corrected chi connectivity index (χ4v) is 4.52. The first-order valence-corrected chi connectivity index (χ1v) is 11.0. The van der Waals surface area contributed by atoms with Crippen LogP contribution in [-0.2, 0) is 5.75 Å². The molecule has 1 aromatic heterocycles. The smallest absolute Gasteiger partial charge is 0.255 e. The van der Waals surface area contributed by atoms with Gasteiger partial charge in [-0.1, -0.05) is 17.3 Å². The molecule has 0 unspecified atom stereocenters. The SMILES string of the molecule is Cc1cc(CSc2ccccc2C(=O)N2CCCN(c3ccc(F)cc3)CC2)on1. The first-order chi connectivity index (χ1) is 14.6. The summed E-state index contributed by atoms with van der Waals surface area (Å²) >= 11 is 1.58. The Labute approximate surface area is 179 Å². The lowest BCUT2D eigenvalue weighted by molar-refractivity contribution is 0.0763. The van der Waals surface area contributed by atoms with E-state index in [0.717, 1.165) is 41.5 Å². The molecule has 0 saturated carbocycles. The number of hydrogen-bond donors (Lipinski definition) is 0. The van der Waals surface area contributed by atoms with Crippen molar-refractivity contribution in [1.29, 1.82) is 0 Å². The average Bonchev–Trinajstić information content (AvgIpc) is 3.03. The van der Waals surface area contributed by atoms with Gasteiger partial charge in [0.25, 0.3) is 5.91 Å². The number of aromatic nitrogens is 1. The highest BCUT2D eigenvalue weighted by molar-refractivity contribution is 7.98. The van der Waals surface area contributed by atoms with E-state index in [1.165, 1.54) is 12.1 Å². The van der Waals surface area contributed by atoms with Gasteiger partial charge in [-0.25, -0.2) is 4.39 Å². The quantitative estimate of drug-likeness (QED) is 0.551. The van der Waals surface area contributed by atoms with Crippen molar-refractivity contribution in [3.05, 3.63) is 77.4 Å². The molecule has 156 valence electrons. The van der Waals surface area contributed by atoms with E-state index in [2.05, 4.69) is 10.1 Å². The molecule has 3 aromatic rings. The molecule has 0 aliphatic carbocycles. The summed E-state index contributed by atoms with van der Waals surface area (Å²) in [6, 6.07) is 16.2. The molecule has 2 heterocycles. The van der Waals surface area contributed by atoms with Crippen LogP contribution in [0.15, 0.2) is 64.0 Å². The summed E-state index contributed by atoms with van der Waals surface area (Å²) in [5.74, 6) is 1.24. The van der Waals surface area contributed by atoms with Crippen LogP contribution in [0.4, 0.5) is 10.1 Å². The van der Waals surface area contributed by atoms with Crippen molar-refractivity contribution in [2.75, 3.05) is 31.1 Å². The van der Waals surface area contributed by atoms with E-state index in [0.29, 0.717) is 24.4 Å². The summed E-state index contributed by atoms with van der Waals surface area (Å²) in [6.07, 6.45) is 0.871. The standard InChI is InChI=1S/C23H24FN3O2S/c1-17-15-20(29-25-17)16-30-22-6-3-2-5-21(22)23(28)27-12-4-11-26(13-14-27)19-9-7-18(24)8-10-19/h2-3,5-10,15H,4,11-14,16H2,1H3. The molecule has 0 spiro atoms. The lowest BCUT2D eigenvalue weighted by Gasteiger charge is -2.24. The summed E-state index contributed by atoms with van der Waals surface area (Å²) in [5, 5.41) is 3.92. The van der Waals surface area contributed by atoms with Crippen LogP contribution in [-0.4, -0.2) is 42.1 Å². The number of nitrogens with zero attached hydrogens (tertiary/aromatic N) is 3. The molecule has 7 heteroatoms. The van der Waals surface area contributed by atoms with Crippen LogP contribution in [0.1, 0.15) is 28.2 Å². The molecule has 4 rings (SSSR count). The van der Waals surface area contributed by atoms with Crippen molar-refractivity contribution in [1.82, 2.24) is 10.1 Å². The minimum absolute atomic E-state index is 0.0489. The van der Waals surface area contributed by atoms with Gasteiger partial charge in [-0.2, -0.15) is 0 Å². The molecule has 1 fully saturated rings. The van der Waals surface area contributed by atoms with Crippen molar-refractivity contribution in [3.8, 4) is 0 Å². The van der Waals surface area contributed by atoms with Crippen molar-refractivity contribution in [2.24, 2.45) is 0 Å². The van der Waals surface area contributed by atoms with Gasteiger partial charge in [-0.3, -0.25) is 4.79 Å². The van der Waals surface area contributed by atoms with Gasteiger partial charge < -0.3 is 14.3 Å².